The topological polar surface area (TPSA) is 108 Å². The van der Waals surface area contributed by atoms with Crippen LogP contribution in [0.1, 0.15) is 23.0 Å². The first-order valence-corrected chi connectivity index (χ1v) is 8.25. The first-order chi connectivity index (χ1) is 12.9. The molecule has 0 radical (unpaired) electrons. The second-order valence-corrected chi connectivity index (χ2v) is 5.99. The fourth-order valence-corrected chi connectivity index (χ4v) is 2.57. The molecule has 0 bridgehead atoms. The summed E-state index contributed by atoms with van der Waals surface area (Å²) in [4.78, 5) is 22.8. The maximum absolute atomic E-state index is 13.0. The maximum atomic E-state index is 13.0. The van der Waals surface area contributed by atoms with Gasteiger partial charge in [0.05, 0.1) is 11.5 Å². The SMILES string of the molecule is CCn1cc([N+](=O)[O-])c(C(=O)Nc2nn(Cc3ccc(F)cc3)cc2Cl)n1. The average molecular weight is 393 g/mol. The van der Waals surface area contributed by atoms with Crippen molar-refractivity contribution in [3.63, 3.8) is 0 Å². The zero-order valence-electron chi connectivity index (χ0n) is 14.1. The van der Waals surface area contributed by atoms with Gasteiger partial charge in [-0.2, -0.15) is 10.2 Å². The van der Waals surface area contributed by atoms with Crippen LogP contribution in [0.4, 0.5) is 15.9 Å². The number of carbonyl (C=O) groups is 1. The Morgan fingerprint density at radius 1 is 1.26 bits per heavy atom. The highest BCUT2D eigenvalue weighted by molar-refractivity contribution is 6.33. The van der Waals surface area contributed by atoms with E-state index >= 15 is 0 Å². The van der Waals surface area contributed by atoms with Gasteiger partial charge in [-0.3, -0.25) is 24.3 Å². The minimum Gasteiger partial charge on any atom is -0.302 e. The summed E-state index contributed by atoms with van der Waals surface area (Å²) >= 11 is 6.09. The van der Waals surface area contributed by atoms with Crippen molar-refractivity contribution in [1.82, 2.24) is 19.6 Å². The van der Waals surface area contributed by atoms with E-state index in [1.165, 1.54) is 33.9 Å². The Bertz CT molecular complexity index is 998. The molecule has 140 valence electrons. The van der Waals surface area contributed by atoms with Gasteiger partial charge in [-0.15, -0.1) is 0 Å². The number of nitrogens with one attached hydrogen (secondary N) is 1. The van der Waals surface area contributed by atoms with Crippen molar-refractivity contribution in [3.8, 4) is 0 Å². The van der Waals surface area contributed by atoms with Crippen molar-refractivity contribution in [2.45, 2.75) is 20.0 Å². The molecule has 0 aliphatic carbocycles. The minimum absolute atomic E-state index is 0.0455. The molecule has 3 aromatic rings. The Labute approximate surface area is 157 Å². The van der Waals surface area contributed by atoms with E-state index in [0.717, 1.165) is 5.56 Å². The molecule has 2 aromatic heterocycles. The monoisotopic (exact) mass is 392 g/mol. The summed E-state index contributed by atoms with van der Waals surface area (Å²) in [6.45, 7) is 2.42. The number of anilines is 1. The average Bonchev–Trinajstić information content (AvgIpc) is 3.21. The van der Waals surface area contributed by atoms with Crippen molar-refractivity contribution in [3.05, 3.63) is 68.9 Å². The van der Waals surface area contributed by atoms with E-state index in [1.54, 1.807) is 19.1 Å². The lowest BCUT2D eigenvalue weighted by Gasteiger charge is -2.02. The Hall–Kier alpha value is -3.27. The highest BCUT2D eigenvalue weighted by atomic mass is 35.5. The third-order valence-electron chi connectivity index (χ3n) is 3.68. The Morgan fingerprint density at radius 2 is 1.96 bits per heavy atom. The number of benzene rings is 1. The van der Waals surface area contributed by atoms with E-state index < -0.39 is 16.5 Å². The first-order valence-electron chi connectivity index (χ1n) is 7.88. The molecule has 0 saturated heterocycles. The fourth-order valence-electron chi connectivity index (χ4n) is 2.37. The van der Waals surface area contributed by atoms with Crippen LogP contribution in [0.15, 0.2) is 36.7 Å². The van der Waals surface area contributed by atoms with E-state index in [0.29, 0.717) is 13.1 Å². The van der Waals surface area contributed by atoms with Gasteiger partial charge in [-0.1, -0.05) is 23.7 Å². The third-order valence-corrected chi connectivity index (χ3v) is 3.96. The van der Waals surface area contributed by atoms with E-state index in [-0.39, 0.29) is 22.4 Å². The van der Waals surface area contributed by atoms with Crippen molar-refractivity contribution in [2.24, 2.45) is 0 Å². The van der Waals surface area contributed by atoms with Crippen molar-refractivity contribution < 1.29 is 14.1 Å². The van der Waals surface area contributed by atoms with Crippen LogP contribution in [0, 0.1) is 15.9 Å². The predicted molar refractivity (Wildman–Crippen MR) is 95.2 cm³/mol. The molecule has 0 spiro atoms. The van der Waals surface area contributed by atoms with Gasteiger partial charge in [-0.25, -0.2) is 4.39 Å². The van der Waals surface area contributed by atoms with Gasteiger partial charge in [0, 0.05) is 12.7 Å². The Morgan fingerprint density at radius 3 is 2.59 bits per heavy atom. The van der Waals surface area contributed by atoms with Crippen LogP contribution in [-0.4, -0.2) is 30.4 Å². The number of rotatable bonds is 6. The number of hydrogen-bond donors (Lipinski definition) is 1. The molecule has 3 rings (SSSR count). The van der Waals surface area contributed by atoms with Crippen LogP contribution < -0.4 is 5.32 Å². The van der Waals surface area contributed by atoms with Crippen molar-refractivity contribution in [2.75, 3.05) is 5.32 Å². The minimum atomic E-state index is -0.789. The summed E-state index contributed by atoms with van der Waals surface area (Å²) in [5, 5.41) is 21.8. The molecular weight excluding hydrogens is 379 g/mol. The number of nitrogens with zero attached hydrogens (tertiary/aromatic N) is 5. The van der Waals surface area contributed by atoms with Gasteiger partial charge in [-0.05, 0) is 24.6 Å². The first kappa shape index (κ1) is 18.5. The summed E-state index contributed by atoms with van der Waals surface area (Å²) in [5.41, 5.74) is 0.0491. The normalized spacial score (nSPS) is 10.8. The lowest BCUT2D eigenvalue weighted by Crippen LogP contribution is -2.15. The van der Waals surface area contributed by atoms with Crippen molar-refractivity contribution >= 4 is 29.0 Å². The molecule has 1 N–H and O–H groups in total. The van der Waals surface area contributed by atoms with Crippen LogP contribution in [-0.2, 0) is 13.1 Å². The highest BCUT2D eigenvalue weighted by Crippen LogP contribution is 2.23. The molecule has 9 nitrogen and oxygen atoms in total. The zero-order valence-corrected chi connectivity index (χ0v) is 14.9. The third kappa shape index (κ3) is 4.11. The Kier molecular flexibility index (Phi) is 5.17. The summed E-state index contributed by atoms with van der Waals surface area (Å²) in [6.07, 6.45) is 2.67. The largest absolute Gasteiger partial charge is 0.320 e. The van der Waals surface area contributed by atoms with Gasteiger partial charge < -0.3 is 5.32 Å². The highest BCUT2D eigenvalue weighted by Gasteiger charge is 2.26. The van der Waals surface area contributed by atoms with Gasteiger partial charge in [0.25, 0.3) is 5.91 Å². The lowest BCUT2D eigenvalue weighted by atomic mass is 10.2. The van der Waals surface area contributed by atoms with Crippen LogP contribution >= 0.6 is 11.6 Å². The molecule has 0 atom stereocenters. The zero-order chi connectivity index (χ0) is 19.6. The molecule has 0 saturated carbocycles. The molecule has 1 aromatic carbocycles. The molecule has 0 unspecified atom stereocenters. The number of hydrogen-bond acceptors (Lipinski definition) is 5. The smallest absolute Gasteiger partial charge is 0.302 e. The number of halogens is 2. The number of aromatic nitrogens is 4. The van der Waals surface area contributed by atoms with Gasteiger partial charge in [0.2, 0.25) is 5.69 Å². The number of carbonyl (C=O) groups excluding carboxylic acids is 1. The van der Waals surface area contributed by atoms with Crippen LogP contribution in [0.2, 0.25) is 5.02 Å². The summed E-state index contributed by atoms with van der Waals surface area (Å²) in [5.74, 6) is -1.09. The molecule has 0 aliphatic heterocycles. The summed E-state index contributed by atoms with van der Waals surface area (Å²) < 4.78 is 15.7. The molecule has 0 aliphatic rings. The number of aryl methyl sites for hydroxylation is 1. The van der Waals surface area contributed by atoms with Crippen LogP contribution in [0.25, 0.3) is 0 Å². The predicted octanol–water partition coefficient (Wildman–Crippen LogP) is 3.10. The summed E-state index contributed by atoms with van der Waals surface area (Å²) in [6, 6.07) is 5.85. The Balaban J connectivity index is 1.79. The van der Waals surface area contributed by atoms with Gasteiger partial charge >= 0.3 is 5.69 Å². The molecular formula is C16H14ClFN6O3. The molecule has 27 heavy (non-hydrogen) atoms. The van der Waals surface area contributed by atoms with Crippen LogP contribution in [0.3, 0.4) is 0 Å². The second kappa shape index (κ2) is 7.54. The number of nitro groups is 1. The molecule has 0 fully saturated rings. The molecule has 11 heteroatoms. The number of amides is 1. The van der Waals surface area contributed by atoms with E-state index in [4.69, 9.17) is 11.6 Å². The van der Waals surface area contributed by atoms with E-state index in [9.17, 15) is 19.3 Å². The van der Waals surface area contributed by atoms with E-state index in [2.05, 4.69) is 15.5 Å². The summed E-state index contributed by atoms with van der Waals surface area (Å²) in [7, 11) is 0. The fraction of sp³-hybridized carbons (Fsp3) is 0.188. The quantitative estimate of drug-likeness (QED) is 0.512. The van der Waals surface area contributed by atoms with Crippen molar-refractivity contribution in [1.29, 1.82) is 0 Å². The standard InChI is InChI=1S/C16H14ClFN6O3/c1-2-22-9-13(24(26)27)14(20-22)16(25)19-15-12(17)8-23(21-15)7-10-3-5-11(18)6-4-10/h3-6,8-9H,2,7H2,1H3,(H,19,21,25). The molecule has 1 amide bonds. The lowest BCUT2D eigenvalue weighted by molar-refractivity contribution is -0.385. The van der Waals surface area contributed by atoms with Crippen LogP contribution in [0.5, 0.6) is 0 Å². The maximum Gasteiger partial charge on any atom is 0.320 e. The second-order valence-electron chi connectivity index (χ2n) is 5.58. The van der Waals surface area contributed by atoms with E-state index in [1.807, 2.05) is 0 Å². The van der Waals surface area contributed by atoms with Gasteiger partial charge in [0.1, 0.15) is 17.0 Å². The molecule has 2 heterocycles. The van der Waals surface area contributed by atoms with Gasteiger partial charge in [0.15, 0.2) is 5.82 Å².